The molecule has 0 fully saturated rings. The van der Waals surface area contributed by atoms with Crippen LogP contribution in [0, 0.1) is 10.1 Å². The minimum Gasteiger partial charge on any atom is -0.493 e. The summed E-state index contributed by atoms with van der Waals surface area (Å²) in [5.41, 5.74) is 1.56. The largest absolute Gasteiger partial charge is 0.493 e. The van der Waals surface area contributed by atoms with Crippen molar-refractivity contribution in [2.24, 2.45) is 5.10 Å². The van der Waals surface area contributed by atoms with Gasteiger partial charge in [0.05, 0.1) is 30.2 Å². The highest BCUT2D eigenvalue weighted by Gasteiger charge is 2.30. The van der Waals surface area contributed by atoms with Gasteiger partial charge in [0.15, 0.2) is 11.5 Å². The quantitative estimate of drug-likeness (QED) is 0.188. The van der Waals surface area contributed by atoms with Gasteiger partial charge < -0.3 is 8.92 Å². The van der Waals surface area contributed by atoms with Crippen LogP contribution in [0.5, 0.6) is 11.5 Å². The first-order chi connectivity index (χ1) is 17.4. The minimum absolute atomic E-state index is 0.00438. The molecule has 194 valence electrons. The molecule has 0 heterocycles. The van der Waals surface area contributed by atoms with E-state index in [0.29, 0.717) is 5.56 Å². The van der Waals surface area contributed by atoms with Crippen LogP contribution in [-0.4, -0.2) is 32.6 Å². The van der Waals surface area contributed by atoms with Gasteiger partial charge in [0.25, 0.3) is 5.69 Å². The molecule has 0 aliphatic heterocycles. The summed E-state index contributed by atoms with van der Waals surface area (Å²) in [6.07, 6.45) is -3.65. The third-order valence-corrected chi connectivity index (χ3v) is 5.99. The SMILES string of the molecule is COc1cc(/C=N\NC(=O)Cc2cccc(C(F)(F)F)c2)ccc1OS(=O)(=O)c1ccc([N+](=O)[O-])cc1. The number of hydrogen-bond acceptors (Lipinski definition) is 8. The van der Waals surface area contributed by atoms with E-state index in [9.17, 15) is 36.5 Å². The van der Waals surface area contributed by atoms with Crippen molar-refractivity contribution in [3.63, 3.8) is 0 Å². The molecule has 1 amide bonds. The standard InChI is InChI=1S/C23H18F3N3O7S/c1-35-21-12-16(14-27-28-22(30)13-15-3-2-4-17(11-15)23(24,25)26)5-10-20(21)36-37(33,34)19-8-6-18(7-9-19)29(31)32/h2-12,14H,13H2,1H3,(H,28,30)/b27-14-. The predicted octanol–water partition coefficient (Wildman–Crippen LogP) is 4.08. The maximum atomic E-state index is 12.8. The number of rotatable bonds is 9. The van der Waals surface area contributed by atoms with Crippen LogP contribution in [0.15, 0.2) is 76.7 Å². The van der Waals surface area contributed by atoms with Crippen molar-refractivity contribution in [2.45, 2.75) is 17.5 Å². The number of nitro benzene ring substituents is 1. The van der Waals surface area contributed by atoms with Crippen molar-refractivity contribution in [3.8, 4) is 11.5 Å². The van der Waals surface area contributed by atoms with Crippen molar-refractivity contribution in [2.75, 3.05) is 7.11 Å². The van der Waals surface area contributed by atoms with E-state index in [-0.39, 0.29) is 34.1 Å². The summed E-state index contributed by atoms with van der Waals surface area (Å²) in [4.78, 5) is 21.8. The molecule has 0 atom stereocenters. The molecule has 10 nitrogen and oxygen atoms in total. The lowest BCUT2D eigenvalue weighted by Gasteiger charge is -2.11. The Balaban J connectivity index is 1.66. The molecular formula is C23H18F3N3O7S. The monoisotopic (exact) mass is 537 g/mol. The molecule has 0 aliphatic carbocycles. The van der Waals surface area contributed by atoms with Crippen molar-refractivity contribution in [1.29, 1.82) is 0 Å². The number of nitrogens with zero attached hydrogens (tertiary/aromatic N) is 2. The predicted molar refractivity (Wildman–Crippen MR) is 125 cm³/mol. The van der Waals surface area contributed by atoms with E-state index in [2.05, 4.69) is 10.5 Å². The highest BCUT2D eigenvalue weighted by atomic mass is 32.2. The van der Waals surface area contributed by atoms with E-state index in [1.807, 2.05) is 0 Å². The zero-order valence-electron chi connectivity index (χ0n) is 18.9. The van der Waals surface area contributed by atoms with E-state index < -0.39 is 32.7 Å². The van der Waals surface area contributed by atoms with Gasteiger partial charge in [-0.1, -0.05) is 18.2 Å². The number of ether oxygens (including phenoxy) is 1. The summed E-state index contributed by atoms with van der Waals surface area (Å²) >= 11 is 0. The molecule has 3 aromatic carbocycles. The Morgan fingerprint density at radius 1 is 1.08 bits per heavy atom. The number of methoxy groups -OCH3 is 1. The summed E-state index contributed by atoms with van der Waals surface area (Å²) in [5, 5.41) is 14.5. The van der Waals surface area contributed by atoms with E-state index in [0.717, 1.165) is 36.4 Å². The number of nitrogens with one attached hydrogen (secondary N) is 1. The van der Waals surface area contributed by atoms with Gasteiger partial charge in [-0.25, -0.2) is 5.43 Å². The highest BCUT2D eigenvalue weighted by Crippen LogP contribution is 2.31. The highest BCUT2D eigenvalue weighted by molar-refractivity contribution is 7.87. The molecule has 3 aromatic rings. The molecule has 0 bridgehead atoms. The molecule has 3 rings (SSSR count). The van der Waals surface area contributed by atoms with E-state index in [1.54, 1.807) is 0 Å². The first-order valence-corrected chi connectivity index (χ1v) is 11.6. The summed E-state index contributed by atoms with van der Waals surface area (Å²) in [6.45, 7) is 0. The van der Waals surface area contributed by atoms with Gasteiger partial charge >= 0.3 is 16.3 Å². The van der Waals surface area contributed by atoms with Crippen molar-refractivity contribution in [3.05, 3.63) is 93.5 Å². The Kier molecular flexibility index (Phi) is 8.12. The molecule has 0 aliphatic rings. The van der Waals surface area contributed by atoms with E-state index >= 15 is 0 Å². The smallest absolute Gasteiger partial charge is 0.416 e. The van der Waals surface area contributed by atoms with E-state index in [1.165, 1.54) is 43.7 Å². The Labute approximate surface area is 208 Å². The molecule has 37 heavy (non-hydrogen) atoms. The van der Waals surface area contributed by atoms with Crippen molar-refractivity contribution in [1.82, 2.24) is 5.43 Å². The van der Waals surface area contributed by atoms with Crippen molar-refractivity contribution < 1.29 is 40.2 Å². The van der Waals surface area contributed by atoms with Gasteiger partial charge in [0.2, 0.25) is 5.91 Å². The Morgan fingerprint density at radius 2 is 1.78 bits per heavy atom. The third-order valence-electron chi connectivity index (χ3n) is 4.75. The van der Waals surface area contributed by atoms with Crippen LogP contribution in [0.4, 0.5) is 18.9 Å². The molecule has 1 N–H and O–H groups in total. The summed E-state index contributed by atoms with van der Waals surface area (Å²) in [7, 11) is -3.07. The van der Waals surface area contributed by atoms with Gasteiger partial charge in [-0.05, 0) is 47.5 Å². The third kappa shape index (κ3) is 7.27. The van der Waals surface area contributed by atoms with Gasteiger partial charge in [0.1, 0.15) is 4.90 Å². The fourth-order valence-electron chi connectivity index (χ4n) is 3.00. The molecular weight excluding hydrogens is 519 g/mol. The molecule has 0 saturated carbocycles. The number of hydrogen-bond donors (Lipinski definition) is 1. The average Bonchev–Trinajstić information content (AvgIpc) is 2.84. The number of carbonyl (C=O) groups excluding carboxylic acids is 1. The maximum absolute atomic E-state index is 12.8. The lowest BCUT2D eigenvalue weighted by Crippen LogP contribution is -2.20. The summed E-state index contributed by atoms with van der Waals surface area (Å²) < 4.78 is 73.7. The number of carbonyl (C=O) groups is 1. The molecule has 0 aromatic heterocycles. The topological polar surface area (TPSA) is 137 Å². The number of non-ortho nitro benzene ring substituents is 1. The van der Waals surface area contributed by atoms with Gasteiger partial charge in [-0.15, -0.1) is 0 Å². The van der Waals surface area contributed by atoms with Crippen LogP contribution in [0.3, 0.4) is 0 Å². The lowest BCUT2D eigenvalue weighted by atomic mass is 10.1. The number of hydrazone groups is 1. The molecule has 14 heteroatoms. The number of benzene rings is 3. The molecule has 0 radical (unpaired) electrons. The Bertz CT molecular complexity index is 1440. The second-order valence-corrected chi connectivity index (χ2v) is 8.91. The van der Waals surface area contributed by atoms with Crippen LogP contribution < -0.4 is 14.3 Å². The fourth-order valence-corrected chi connectivity index (χ4v) is 3.94. The van der Waals surface area contributed by atoms with Crippen LogP contribution >= 0.6 is 0 Å². The van der Waals surface area contributed by atoms with Gasteiger partial charge in [-0.2, -0.15) is 26.7 Å². The number of alkyl halides is 3. The second kappa shape index (κ2) is 11.1. The summed E-state index contributed by atoms with van der Waals surface area (Å²) in [5.74, 6) is -0.826. The zero-order chi connectivity index (χ0) is 27.2. The minimum atomic E-state index is -4.53. The van der Waals surface area contributed by atoms with Crippen LogP contribution in [0.1, 0.15) is 16.7 Å². The fraction of sp³-hybridized carbons (Fsp3) is 0.130. The first-order valence-electron chi connectivity index (χ1n) is 10.2. The van der Waals surface area contributed by atoms with E-state index in [4.69, 9.17) is 8.92 Å². The molecule has 0 spiro atoms. The zero-order valence-corrected chi connectivity index (χ0v) is 19.7. The lowest BCUT2D eigenvalue weighted by molar-refractivity contribution is -0.384. The molecule has 0 unspecified atom stereocenters. The second-order valence-electron chi connectivity index (χ2n) is 7.37. The summed E-state index contributed by atoms with van der Waals surface area (Å²) in [6, 6.07) is 12.5. The first kappa shape index (κ1) is 27.1. The number of halogens is 3. The Morgan fingerprint density at radius 3 is 2.41 bits per heavy atom. The van der Waals surface area contributed by atoms with Crippen LogP contribution in [0.2, 0.25) is 0 Å². The number of nitro groups is 1. The molecule has 0 saturated heterocycles. The average molecular weight is 537 g/mol. The number of amides is 1. The van der Waals surface area contributed by atoms with Crippen molar-refractivity contribution >= 4 is 27.9 Å². The van der Waals surface area contributed by atoms with Gasteiger partial charge in [0, 0.05) is 12.1 Å². The van der Waals surface area contributed by atoms with Crippen LogP contribution in [-0.2, 0) is 27.5 Å². The van der Waals surface area contributed by atoms with Gasteiger partial charge in [-0.3, -0.25) is 14.9 Å². The normalized spacial score (nSPS) is 11.8. The van der Waals surface area contributed by atoms with Crippen LogP contribution in [0.25, 0.3) is 0 Å². The maximum Gasteiger partial charge on any atom is 0.416 e. The Hall–Kier alpha value is -4.46.